The van der Waals surface area contributed by atoms with E-state index in [9.17, 15) is 4.39 Å². The molecular formula is C19H17FN4. The number of aryl methyl sites for hydroxylation is 1. The SMILES string of the molecule is Cc1nc(Nc2ccc(F)cc2)cc(N2CCc3ccccc32)n1. The van der Waals surface area contributed by atoms with E-state index in [-0.39, 0.29) is 5.82 Å². The molecule has 2 aromatic carbocycles. The Morgan fingerprint density at radius 3 is 2.67 bits per heavy atom. The normalized spacial score (nSPS) is 13.0. The molecule has 0 atom stereocenters. The van der Waals surface area contributed by atoms with Crippen molar-refractivity contribution in [2.45, 2.75) is 13.3 Å². The maximum Gasteiger partial charge on any atom is 0.138 e. The van der Waals surface area contributed by atoms with Crippen LogP contribution in [0, 0.1) is 12.7 Å². The summed E-state index contributed by atoms with van der Waals surface area (Å²) in [5, 5.41) is 3.22. The van der Waals surface area contributed by atoms with Crippen LogP contribution in [-0.2, 0) is 6.42 Å². The molecule has 0 saturated heterocycles. The molecule has 1 aromatic heterocycles. The molecule has 1 aliphatic heterocycles. The van der Waals surface area contributed by atoms with E-state index in [1.165, 1.54) is 23.4 Å². The monoisotopic (exact) mass is 320 g/mol. The van der Waals surface area contributed by atoms with E-state index in [4.69, 9.17) is 0 Å². The Bertz CT molecular complexity index is 877. The summed E-state index contributed by atoms with van der Waals surface area (Å²) in [6.07, 6.45) is 1.01. The Morgan fingerprint density at radius 2 is 1.83 bits per heavy atom. The lowest BCUT2D eigenvalue weighted by molar-refractivity contribution is 0.628. The molecule has 4 rings (SSSR count). The molecule has 5 heteroatoms. The second kappa shape index (κ2) is 5.92. The van der Waals surface area contributed by atoms with Crippen molar-refractivity contribution < 1.29 is 4.39 Å². The smallest absolute Gasteiger partial charge is 0.138 e. The van der Waals surface area contributed by atoms with Crippen molar-refractivity contribution in [3.63, 3.8) is 0 Å². The number of anilines is 4. The highest BCUT2D eigenvalue weighted by Gasteiger charge is 2.21. The summed E-state index contributed by atoms with van der Waals surface area (Å²) in [5.41, 5.74) is 3.33. The van der Waals surface area contributed by atoms with Gasteiger partial charge in [0.25, 0.3) is 0 Å². The highest BCUT2D eigenvalue weighted by Crippen LogP contribution is 2.34. The fraction of sp³-hybridized carbons (Fsp3) is 0.158. The topological polar surface area (TPSA) is 41.1 Å². The number of hydrogen-bond acceptors (Lipinski definition) is 4. The molecule has 0 radical (unpaired) electrons. The van der Waals surface area contributed by atoms with E-state index in [0.29, 0.717) is 11.6 Å². The molecule has 0 spiro atoms. The van der Waals surface area contributed by atoms with E-state index >= 15 is 0 Å². The first-order valence-electron chi connectivity index (χ1n) is 7.93. The fourth-order valence-corrected chi connectivity index (χ4v) is 3.01. The third-order valence-electron chi connectivity index (χ3n) is 4.10. The molecule has 2 heterocycles. The largest absolute Gasteiger partial charge is 0.340 e. The van der Waals surface area contributed by atoms with Gasteiger partial charge in [-0.1, -0.05) is 18.2 Å². The summed E-state index contributed by atoms with van der Waals surface area (Å²) in [4.78, 5) is 11.2. The molecule has 0 saturated carbocycles. The van der Waals surface area contributed by atoms with Crippen molar-refractivity contribution in [1.29, 1.82) is 0 Å². The van der Waals surface area contributed by atoms with Crippen LogP contribution >= 0.6 is 0 Å². The summed E-state index contributed by atoms with van der Waals surface area (Å²) in [7, 11) is 0. The lowest BCUT2D eigenvalue weighted by Gasteiger charge is -2.19. The zero-order chi connectivity index (χ0) is 16.5. The van der Waals surface area contributed by atoms with Crippen LogP contribution in [0.1, 0.15) is 11.4 Å². The molecule has 0 amide bonds. The molecular weight excluding hydrogens is 303 g/mol. The van der Waals surface area contributed by atoms with Crippen molar-refractivity contribution in [2.75, 3.05) is 16.8 Å². The Labute approximate surface area is 140 Å². The van der Waals surface area contributed by atoms with Gasteiger partial charge in [0.1, 0.15) is 23.3 Å². The molecule has 3 aromatic rings. The third-order valence-corrected chi connectivity index (χ3v) is 4.10. The van der Waals surface area contributed by atoms with Crippen molar-refractivity contribution in [1.82, 2.24) is 9.97 Å². The molecule has 120 valence electrons. The minimum Gasteiger partial charge on any atom is -0.340 e. The summed E-state index contributed by atoms with van der Waals surface area (Å²) in [5.74, 6) is 2.01. The molecule has 1 aliphatic rings. The Balaban J connectivity index is 1.66. The fourth-order valence-electron chi connectivity index (χ4n) is 3.01. The average molecular weight is 320 g/mol. The van der Waals surface area contributed by atoms with Crippen LogP contribution in [-0.4, -0.2) is 16.5 Å². The highest BCUT2D eigenvalue weighted by atomic mass is 19.1. The number of para-hydroxylation sites is 1. The number of aromatic nitrogens is 2. The number of halogens is 1. The van der Waals surface area contributed by atoms with Gasteiger partial charge >= 0.3 is 0 Å². The second-order valence-corrected chi connectivity index (χ2v) is 5.82. The lowest BCUT2D eigenvalue weighted by atomic mass is 10.2. The quantitative estimate of drug-likeness (QED) is 0.778. The maximum atomic E-state index is 13.0. The van der Waals surface area contributed by atoms with Gasteiger partial charge in [0, 0.05) is 24.0 Å². The van der Waals surface area contributed by atoms with Crippen molar-refractivity contribution in [3.05, 3.63) is 71.8 Å². The molecule has 4 nitrogen and oxygen atoms in total. The van der Waals surface area contributed by atoms with E-state index in [0.717, 1.165) is 24.5 Å². The van der Waals surface area contributed by atoms with E-state index in [1.54, 1.807) is 12.1 Å². The van der Waals surface area contributed by atoms with Gasteiger partial charge in [-0.25, -0.2) is 14.4 Å². The van der Waals surface area contributed by atoms with Crippen LogP contribution in [0.25, 0.3) is 0 Å². The van der Waals surface area contributed by atoms with Crippen LogP contribution in [0.2, 0.25) is 0 Å². The number of fused-ring (bicyclic) bond motifs is 1. The van der Waals surface area contributed by atoms with Crippen LogP contribution in [0.3, 0.4) is 0 Å². The molecule has 0 aliphatic carbocycles. The van der Waals surface area contributed by atoms with Crippen LogP contribution in [0.4, 0.5) is 27.4 Å². The van der Waals surface area contributed by atoms with Crippen molar-refractivity contribution in [2.24, 2.45) is 0 Å². The Kier molecular flexibility index (Phi) is 3.61. The van der Waals surface area contributed by atoms with Gasteiger partial charge in [-0.2, -0.15) is 0 Å². The van der Waals surface area contributed by atoms with Crippen molar-refractivity contribution in [3.8, 4) is 0 Å². The standard InChI is InChI=1S/C19H17FN4/c1-13-21-18(23-16-8-6-15(20)7-9-16)12-19(22-13)24-11-10-14-4-2-3-5-17(14)24/h2-9,12H,10-11H2,1H3,(H,21,22,23). The van der Waals surface area contributed by atoms with Crippen LogP contribution < -0.4 is 10.2 Å². The molecule has 0 bridgehead atoms. The zero-order valence-electron chi connectivity index (χ0n) is 13.3. The first-order chi connectivity index (χ1) is 11.7. The van der Waals surface area contributed by atoms with Gasteiger partial charge in [-0.05, 0) is 49.2 Å². The van der Waals surface area contributed by atoms with Gasteiger partial charge in [0.15, 0.2) is 0 Å². The highest BCUT2D eigenvalue weighted by molar-refractivity contribution is 5.70. The Hall–Kier alpha value is -2.95. The maximum absolute atomic E-state index is 13.0. The summed E-state index contributed by atoms with van der Waals surface area (Å²) < 4.78 is 13.0. The van der Waals surface area contributed by atoms with E-state index < -0.39 is 0 Å². The van der Waals surface area contributed by atoms with Gasteiger partial charge in [-0.3, -0.25) is 0 Å². The number of nitrogens with zero attached hydrogens (tertiary/aromatic N) is 3. The predicted molar refractivity (Wildman–Crippen MR) is 93.6 cm³/mol. The minimum absolute atomic E-state index is 0.256. The second-order valence-electron chi connectivity index (χ2n) is 5.82. The van der Waals surface area contributed by atoms with Gasteiger partial charge in [0.2, 0.25) is 0 Å². The van der Waals surface area contributed by atoms with Gasteiger partial charge < -0.3 is 10.2 Å². The van der Waals surface area contributed by atoms with Gasteiger partial charge in [-0.15, -0.1) is 0 Å². The van der Waals surface area contributed by atoms with Gasteiger partial charge in [0.05, 0.1) is 0 Å². The lowest BCUT2D eigenvalue weighted by Crippen LogP contribution is -2.16. The summed E-state index contributed by atoms with van der Waals surface area (Å²) >= 11 is 0. The molecule has 1 N–H and O–H groups in total. The number of nitrogens with one attached hydrogen (secondary N) is 1. The first kappa shape index (κ1) is 14.6. The molecule has 0 fully saturated rings. The number of benzene rings is 2. The average Bonchev–Trinajstić information content (AvgIpc) is 3.01. The Morgan fingerprint density at radius 1 is 1.04 bits per heavy atom. The summed E-state index contributed by atoms with van der Waals surface area (Å²) in [6, 6.07) is 16.5. The summed E-state index contributed by atoms with van der Waals surface area (Å²) in [6.45, 7) is 2.78. The van der Waals surface area contributed by atoms with Crippen LogP contribution in [0.15, 0.2) is 54.6 Å². The van der Waals surface area contributed by atoms with Crippen molar-refractivity contribution >= 4 is 23.0 Å². The number of hydrogen-bond donors (Lipinski definition) is 1. The van der Waals surface area contributed by atoms with Crippen LogP contribution in [0.5, 0.6) is 0 Å². The molecule has 24 heavy (non-hydrogen) atoms. The zero-order valence-corrected chi connectivity index (χ0v) is 13.3. The van der Waals surface area contributed by atoms with E-state index in [2.05, 4.69) is 38.4 Å². The number of rotatable bonds is 3. The van der Waals surface area contributed by atoms with E-state index in [1.807, 2.05) is 19.1 Å². The third kappa shape index (κ3) is 2.80. The minimum atomic E-state index is -0.256. The predicted octanol–water partition coefficient (Wildman–Crippen LogP) is 4.36. The first-order valence-corrected chi connectivity index (χ1v) is 7.93. The molecule has 0 unspecified atom stereocenters.